The first-order valence-corrected chi connectivity index (χ1v) is 15.0. The number of aryl methyl sites for hydroxylation is 1. The molecule has 0 spiro atoms. The van der Waals surface area contributed by atoms with Crippen LogP contribution in [0.3, 0.4) is 0 Å². The molecule has 3 aromatic heterocycles. The van der Waals surface area contributed by atoms with E-state index in [2.05, 4.69) is 21.5 Å². The molecule has 14 heteroatoms. The Morgan fingerprint density at radius 3 is 2.55 bits per heavy atom. The first-order chi connectivity index (χ1) is 19.8. The third kappa shape index (κ3) is 5.02. The molecular formula is C28H25ClF2N6O4S. The van der Waals surface area contributed by atoms with E-state index in [1.165, 1.54) is 30.5 Å². The monoisotopic (exact) mass is 614 g/mol. The van der Waals surface area contributed by atoms with Gasteiger partial charge in [0.2, 0.25) is 5.91 Å². The molecule has 1 aliphatic heterocycles. The van der Waals surface area contributed by atoms with Gasteiger partial charge in [0.05, 0.1) is 21.7 Å². The summed E-state index contributed by atoms with van der Waals surface area (Å²) in [4.78, 5) is 42.0. The second-order valence-corrected chi connectivity index (χ2v) is 12.3. The number of sulfone groups is 1. The molecule has 0 bridgehead atoms. The number of aromatic nitrogens is 4. The molecule has 4 aromatic rings. The standard InChI is InChI=1S/C28H25ClF2N6O4S/c1-5-21(38)35-11-12-36(16(3)14-35)25-17-13-20(31)23(22-18(29)7-6-8-19(22)30)33-26(17)37(28(39)34-25)24-15(2)9-10-32-27(24)42(4,40)41/h5-10,13,16H,1,11-12,14H2,2-4H3/t16-/m0/s1. The molecule has 1 aliphatic rings. The van der Waals surface area contributed by atoms with Crippen LogP contribution < -0.4 is 10.6 Å². The van der Waals surface area contributed by atoms with Crippen LogP contribution in [0.5, 0.6) is 0 Å². The maximum Gasteiger partial charge on any atom is 0.355 e. The first-order valence-electron chi connectivity index (χ1n) is 12.7. The minimum atomic E-state index is -3.97. The van der Waals surface area contributed by atoms with Gasteiger partial charge in [-0.1, -0.05) is 24.2 Å². The maximum atomic E-state index is 15.8. The summed E-state index contributed by atoms with van der Waals surface area (Å²) < 4.78 is 57.2. The predicted octanol–water partition coefficient (Wildman–Crippen LogP) is 3.71. The highest BCUT2D eigenvalue weighted by Crippen LogP contribution is 2.36. The Balaban J connectivity index is 1.86. The Labute approximate surface area is 244 Å². The van der Waals surface area contributed by atoms with E-state index in [4.69, 9.17) is 11.6 Å². The number of amides is 1. The number of rotatable bonds is 5. The second kappa shape index (κ2) is 10.9. The first kappa shape index (κ1) is 29.3. The van der Waals surface area contributed by atoms with Crippen molar-refractivity contribution in [2.45, 2.75) is 24.9 Å². The van der Waals surface area contributed by atoms with Gasteiger partial charge >= 0.3 is 5.69 Å². The molecule has 1 amide bonds. The lowest BCUT2D eigenvalue weighted by atomic mass is 10.1. The molecule has 1 atom stereocenters. The molecule has 0 unspecified atom stereocenters. The van der Waals surface area contributed by atoms with Gasteiger partial charge in [0, 0.05) is 38.1 Å². The van der Waals surface area contributed by atoms with Crippen molar-refractivity contribution in [3.8, 4) is 16.9 Å². The highest BCUT2D eigenvalue weighted by molar-refractivity contribution is 7.90. The van der Waals surface area contributed by atoms with Gasteiger partial charge in [0.15, 0.2) is 26.3 Å². The third-order valence-corrected chi connectivity index (χ3v) is 8.37. The van der Waals surface area contributed by atoms with E-state index < -0.39 is 37.9 Å². The van der Waals surface area contributed by atoms with Crippen LogP contribution >= 0.6 is 11.6 Å². The Hall–Kier alpha value is -4.23. The van der Waals surface area contributed by atoms with Crippen LogP contribution in [0.1, 0.15) is 12.5 Å². The van der Waals surface area contributed by atoms with Gasteiger partial charge in [0.1, 0.15) is 17.3 Å². The van der Waals surface area contributed by atoms with E-state index in [1.54, 1.807) is 16.7 Å². The van der Waals surface area contributed by atoms with Gasteiger partial charge in [0.25, 0.3) is 0 Å². The average Bonchev–Trinajstić information content (AvgIpc) is 2.92. The fraction of sp³-hybridized carbons (Fsp3) is 0.250. The fourth-order valence-electron chi connectivity index (χ4n) is 5.10. The summed E-state index contributed by atoms with van der Waals surface area (Å²) in [7, 11) is -3.97. The topological polar surface area (TPSA) is 118 Å². The zero-order valence-electron chi connectivity index (χ0n) is 22.8. The van der Waals surface area contributed by atoms with Crippen molar-refractivity contribution in [3.05, 3.63) is 81.9 Å². The van der Waals surface area contributed by atoms with Gasteiger partial charge < -0.3 is 9.80 Å². The quantitative estimate of drug-likeness (QED) is 0.312. The largest absolute Gasteiger partial charge is 0.355 e. The van der Waals surface area contributed by atoms with Crippen molar-refractivity contribution in [1.29, 1.82) is 0 Å². The van der Waals surface area contributed by atoms with Crippen LogP contribution in [0.15, 0.2) is 59.0 Å². The molecule has 42 heavy (non-hydrogen) atoms. The van der Waals surface area contributed by atoms with Crippen molar-refractivity contribution in [2.75, 3.05) is 30.8 Å². The molecule has 0 saturated carbocycles. The number of piperazine rings is 1. The summed E-state index contributed by atoms with van der Waals surface area (Å²) in [5.41, 5.74) is -1.67. The number of nitrogens with zero attached hydrogens (tertiary/aromatic N) is 6. The zero-order valence-corrected chi connectivity index (χ0v) is 24.4. The van der Waals surface area contributed by atoms with Crippen molar-refractivity contribution in [1.82, 2.24) is 24.4 Å². The summed E-state index contributed by atoms with van der Waals surface area (Å²) in [6.07, 6.45) is 3.44. The van der Waals surface area contributed by atoms with Gasteiger partial charge in [-0.25, -0.2) is 36.5 Å². The second-order valence-electron chi connectivity index (χ2n) is 9.92. The maximum absolute atomic E-state index is 15.8. The van der Waals surface area contributed by atoms with Crippen LogP contribution in [-0.4, -0.2) is 70.7 Å². The number of carbonyl (C=O) groups excluding carboxylic acids is 1. The fourth-order valence-corrected chi connectivity index (χ4v) is 6.20. The number of fused-ring (bicyclic) bond motifs is 1. The number of benzene rings is 1. The van der Waals surface area contributed by atoms with Gasteiger partial charge in [-0.2, -0.15) is 4.98 Å². The minimum Gasteiger partial charge on any atom is -0.350 e. The summed E-state index contributed by atoms with van der Waals surface area (Å²) in [6.45, 7) is 7.71. The highest BCUT2D eigenvalue weighted by atomic mass is 35.5. The molecule has 5 rings (SSSR count). The molecule has 4 heterocycles. The molecule has 0 N–H and O–H groups in total. The van der Waals surface area contributed by atoms with E-state index in [1.807, 2.05) is 6.92 Å². The molecular weight excluding hydrogens is 590 g/mol. The number of halogens is 3. The molecule has 0 radical (unpaired) electrons. The predicted molar refractivity (Wildman–Crippen MR) is 155 cm³/mol. The lowest BCUT2D eigenvalue weighted by Crippen LogP contribution is -2.54. The van der Waals surface area contributed by atoms with E-state index in [0.29, 0.717) is 5.56 Å². The number of pyridine rings is 2. The van der Waals surface area contributed by atoms with E-state index in [9.17, 15) is 22.4 Å². The van der Waals surface area contributed by atoms with Crippen LogP contribution in [-0.2, 0) is 14.6 Å². The Kier molecular flexibility index (Phi) is 7.58. The summed E-state index contributed by atoms with van der Waals surface area (Å²) >= 11 is 6.24. The van der Waals surface area contributed by atoms with Crippen LogP contribution in [0, 0.1) is 18.6 Å². The molecule has 1 aromatic carbocycles. The Morgan fingerprint density at radius 1 is 1.17 bits per heavy atom. The lowest BCUT2D eigenvalue weighted by molar-refractivity contribution is -0.126. The van der Waals surface area contributed by atoms with Crippen molar-refractivity contribution in [2.24, 2.45) is 0 Å². The molecule has 218 valence electrons. The number of carbonyl (C=O) groups is 1. The summed E-state index contributed by atoms with van der Waals surface area (Å²) in [6, 6.07) is 6.04. The molecule has 0 aliphatic carbocycles. The highest BCUT2D eigenvalue weighted by Gasteiger charge is 2.31. The Morgan fingerprint density at radius 2 is 1.90 bits per heavy atom. The average molecular weight is 615 g/mol. The smallest absolute Gasteiger partial charge is 0.350 e. The van der Waals surface area contributed by atoms with Crippen molar-refractivity contribution >= 4 is 44.2 Å². The third-order valence-electron chi connectivity index (χ3n) is 7.05. The van der Waals surface area contributed by atoms with Crippen molar-refractivity contribution in [3.63, 3.8) is 0 Å². The minimum absolute atomic E-state index is 0.0568. The lowest BCUT2D eigenvalue weighted by Gasteiger charge is -2.40. The van der Waals surface area contributed by atoms with Crippen LogP contribution in [0.25, 0.3) is 28.0 Å². The molecule has 1 fully saturated rings. The Bertz CT molecular complexity index is 1930. The van der Waals surface area contributed by atoms with E-state index in [-0.39, 0.29) is 64.7 Å². The van der Waals surface area contributed by atoms with Gasteiger partial charge in [-0.3, -0.25) is 4.79 Å². The number of hydrogen-bond acceptors (Lipinski definition) is 8. The van der Waals surface area contributed by atoms with E-state index in [0.717, 1.165) is 23.0 Å². The van der Waals surface area contributed by atoms with Gasteiger partial charge in [-0.05, 0) is 49.8 Å². The van der Waals surface area contributed by atoms with E-state index >= 15 is 4.39 Å². The van der Waals surface area contributed by atoms with Crippen LogP contribution in [0.4, 0.5) is 14.6 Å². The van der Waals surface area contributed by atoms with Crippen LogP contribution in [0.2, 0.25) is 5.02 Å². The molecule has 1 saturated heterocycles. The number of anilines is 1. The summed E-state index contributed by atoms with van der Waals surface area (Å²) in [5.74, 6) is -1.97. The SMILES string of the molecule is C=CC(=O)N1CCN(c2nc(=O)n(-c3c(C)ccnc3S(C)(=O)=O)c3nc(-c4c(F)cccc4Cl)c(F)cc23)[C@@H](C)C1. The summed E-state index contributed by atoms with van der Waals surface area (Å²) in [5, 5.41) is -0.474. The van der Waals surface area contributed by atoms with Gasteiger partial charge in [-0.15, -0.1) is 0 Å². The van der Waals surface area contributed by atoms with Crippen molar-refractivity contribution < 1.29 is 22.0 Å². The number of hydrogen-bond donors (Lipinski definition) is 0. The zero-order chi connectivity index (χ0) is 30.5. The molecule has 10 nitrogen and oxygen atoms in total. The normalized spacial score (nSPS) is 15.7.